The third kappa shape index (κ3) is 4.15. The molecule has 1 amide bonds. The van der Waals surface area contributed by atoms with Crippen LogP contribution in [0, 0.1) is 6.92 Å². The zero-order chi connectivity index (χ0) is 22.0. The molecule has 0 fully saturated rings. The second-order valence-electron chi connectivity index (χ2n) is 7.64. The number of rotatable bonds is 6. The maximum Gasteiger partial charge on any atom is 0.407 e. The molecule has 2 atom stereocenters. The van der Waals surface area contributed by atoms with E-state index in [1.807, 2.05) is 55.5 Å². The van der Waals surface area contributed by atoms with Crippen LogP contribution in [-0.2, 0) is 9.53 Å². The Balaban J connectivity index is 1.50. The number of amides is 1. The fraction of sp³-hybridized carbons (Fsp3) is 0.200. The summed E-state index contributed by atoms with van der Waals surface area (Å²) in [5.74, 6) is -1.54. The SMILES string of the molecule is Cc1ccc([C@@H](NC(=O)OCC2c3ccccc3-c3ccccc32)[C@@H](O)C(=O)O)cc1. The summed E-state index contributed by atoms with van der Waals surface area (Å²) in [6.45, 7) is 2.00. The second-order valence-corrected chi connectivity index (χ2v) is 7.64. The van der Waals surface area contributed by atoms with Crippen molar-refractivity contribution in [2.45, 2.75) is 25.0 Å². The van der Waals surface area contributed by atoms with E-state index >= 15 is 0 Å². The number of carboxylic acid groups (broad SMARTS) is 1. The van der Waals surface area contributed by atoms with Crippen molar-refractivity contribution in [3.8, 4) is 11.1 Å². The first-order chi connectivity index (χ1) is 15.0. The first-order valence-corrected chi connectivity index (χ1v) is 10.0. The highest BCUT2D eigenvalue weighted by Gasteiger charge is 2.31. The molecule has 0 saturated carbocycles. The van der Waals surface area contributed by atoms with Crippen molar-refractivity contribution in [2.75, 3.05) is 6.61 Å². The van der Waals surface area contributed by atoms with Gasteiger partial charge in [-0.2, -0.15) is 0 Å². The number of carboxylic acids is 1. The highest BCUT2D eigenvalue weighted by Crippen LogP contribution is 2.44. The lowest BCUT2D eigenvalue weighted by atomic mass is 9.98. The predicted octanol–water partition coefficient (Wildman–Crippen LogP) is 4.02. The van der Waals surface area contributed by atoms with Gasteiger partial charge in [-0.05, 0) is 34.7 Å². The highest BCUT2D eigenvalue weighted by atomic mass is 16.5. The van der Waals surface area contributed by atoms with E-state index in [4.69, 9.17) is 4.74 Å². The van der Waals surface area contributed by atoms with Crippen LogP contribution in [0.5, 0.6) is 0 Å². The summed E-state index contributed by atoms with van der Waals surface area (Å²) in [6, 6.07) is 21.8. The van der Waals surface area contributed by atoms with Gasteiger partial charge in [-0.25, -0.2) is 9.59 Å². The van der Waals surface area contributed by atoms with Crippen LogP contribution in [0.15, 0.2) is 72.8 Å². The molecule has 6 nitrogen and oxygen atoms in total. The van der Waals surface area contributed by atoms with E-state index in [0.717, 1.165) is 27.8 Å². The van der Waals surface area contributed by atoms with E-state index in [-0.39, 0.29) is 12.5 Å². The molecule has 0 bridgehead atoms. The number of hydrogen-bond donors (Lipinski definition) is 3. The van der Waals surface area contributed by atoms with Gasteiger partial charge in [0, 0.05) is 5.92 Å². The van der Waals surface area contributed by atoms with Gasteiger partial charge in [0.1, 0.15) is 6.61 Å². The molecular weight excluding hydrogens is 394 g/mol. The molecule has 0 unspecified atom stereocenters. The molecule has 0 aliphatic heterocycles. The number of carbonyl (C=O) groups excluding carboxylic acids is 1. The Bertz CT molecular complexity index is 1060. The number of carbonyl (C=O) groups is 2. The maximum absolute atomic E-state index is 12.6. The van der Waals surface area contributed by atoms with Gasteiger partial charge in [0.25, 0.3) is 0 Å². The first kappa shape index (κ1) is 20.6. The molecule has 3 N–H and O–H groups in total. The number of fused-ring (bicyclic) bond motifs is 3. The second kappa shape index (κ2) is 8.62. The molecule has 1 aliphatic rings. The number of aliphatic hydroxyl groups excluding tert-OH is 1. The lowest BCUT2D eigenvalue weighted by Crippen LogP contribution is -2.40. The normalized spacial score (nSPS) is 14.3. The third-order valence-corrected chi connectivity index (χ3v) is 5.62. The molecule has 3 aromatic rings. The van der Waals surface area contributed by atoms with Crippen LogP contribution < -0.4 is 5.32 Å². The lowest BCUT2D eigenvalue weighted by molar-refractivity contribution is -0.148. The number of aliphatic hydroxyl groups is 1. The highest BCUT2D eigenvalue weighted by molar-refractivity contribution is 5.79. The summed E-state index contributed by atoms with van der Waals surface area (Å²) in [5.41, 5.74) is 5.86. The van der Waals surface area contributed by atoms with Crippen molar-refractivity contribution in [1.29, 1.82) is 0 Å². The molecule has 0 spiro atoms. The molecule has 0 radical (unpaired) electrons. The van der Waals surface area contributed by atoms with Crippen molar-refractivity contribution in [3.63, 3.8) is 0 Å². The van der Waals surface area contributed by atoms with Crippen LogP contribution >= 0.6 is 0 Å². The Kier molecular flexibility index (Phi) is 5.73. The van der Waals surface area contributed by atoms with E-state index in [1.165, 1.54) is 0 Å². The largest absolute Gasteiger partial charge is 0.479 e. The van der Waals surface area contributed by atoms with E-state index in [2.05, 4.69) is 5.32 Å². The molecule has 0 heterocycles. The molecule has 31 heavy (non-hydrogen) atoms. The number of benzene rings is 3. The number of ether oxygens (including phenoxy) is 1. The van der Waals surface area contributed by atoms with Gasteiger partial charge >= 0.3 is 12.1 Å². The fourth-order valence-electron chi connectivity index (χ4n) is 4.03. The van der Waals surface area contributed by atoms with Crippen LogP contribution in [0.4, 0.5) is 4.79 Å². The fourth-order valence-corrected chi connectivity index (χ4v) is 4.03. The Labute approximate surface area is 180 Å². The van der Waals surface area contributed by atoms with Crippen molar-refractivity contribution in [3.05, 3.63) is 95.1 Å². The molecule has 158 valence electrons. The summed E-state index contributed by atoms with van der Waals surface area (Å²) in [4.78, 5) is 23.9. The predicted molar refractivity (Wildman–Crippen MR) is 116 cm³/mol. The van der Waals surface area contributed by atoms with Gasteiger partial charge < -0.3 is 20.3 Å². The van der Waals surface area contributed by atoms with Crippen LogP contribution in [0.25, 0.3) is 11.1 Å². The smallest absolute Gasteiger partial charge is 0.407 e. The minimum Gasteiger partial charge on any atom is -0.479 e. The van der Waals surface area contributed by atoms with Crippen molar-refractivity contribution < 1.29 is 24.5 Å². The maximum atomic E-state index is 12.6. The topological polar surface area (TPSA) is 95.9 Å². The minimum absolute atomic E-state index is 0.101. The molecule has 0 aromatic heterocycles. The zero-order valence-electron chi connectivity index (χ0n) is 17.0. The molecule has 4 rings (SSSR count). The van der Waals surface area contributed by atoms with E-state index in [0.29, 0.717) is 5.56 Å². The standard InChI is InChI=1S/C25H23NO5/c1-15-10-12-16(13-11-15)22(23(27)24(28)29)26-25(30)31-14-21-19-8-4-2-6-17(19)18-7-3-5-9-20(18)21/h2-13,21-23,27H,14H2,1H3,(H,26,30)(H,28,29)/t22-,23-/m1/s1. The van der Waals surface area contributed by atoms with E-state index in [9.17, 15) is 19.8 Å². The summed E-state index contributed by atoms with van der Waals surface area (Å²) in [5, 5.41) is 21.9. The monoisotopic (exact) mass is 417 g/mol. The van der Waals surface area contributed by atoms with Gasteiger partial charge in [-0.15, -0.1) is 0 Å². The van der Waals surface area contributed by atoms with Gasteiger partial charge in [0.05, 0.1) is 6.04 Å². The lowest BCUT2D eigenvalue weighted by Gasteiger charge is -2.22. The average Bonchev–Trinajstić information content (AvgIpc) is 3.10. The van der Waals surface area contributed by atoms with Crippen LogP contribution in [0.3, 0.4) is 0 Å². The Morgan fingerprint density at radius 2 is 1.48 bits per heavy atom. The Hall–Kier alpha value is -3.64. The van der Waals surface area contributed by atoms with Gasteiger partial charge in [-0.1, -0.05) is 78.4 Å². The minimum atomic E-state index is -1.80. The number of alkyl carbamates (subject to hydrolysis) is 1. The Morgan fingerprint density at radius 3 is 2.03 bits per heavy atom. The zero-order valence-corrected chi connectivity index (χ0v) is 17.0. The summed E-state index contributed by atoms with van der Waals surface area (Å²) < 4.78 is 5.49. The van der Waals surface area contributed by atoms with Crippen LogP contribution in [-0.4, -0.2) is 35.0 Å². The quantitative estimate of drug-likeness (QED) is 0.563. The summed E-state index contributed by atoms with van der Waals surface area (Å²) >= 11 is 0. The van der Waals surface area contributed by atoms with Crippen molar-refractivity contribution >= 4 is 12.1 Å². The van der Waals surface area contributed by atoms with Crippen LogP contribution in [0.1, 0.15) is 34.2 Å². The summed E-state index contributed by atoms with van der Waals surface area (Å²) in [7, 11) is 0. The van der Waals surface area contributed by atoms with Crippen molar-refractivity contribution in [1.82, 2.24) is 5.32 Å². The number of nitrogens with one attached hydrogen (secondary N) is 1. The number of aryl methyl sites for hydroxylation is 1. The number of hydrogen-bond acceptors (Lipinski definition) is 4. The molecule has 6 heteroatoms. The molecule has 1 aliphatic carbocycles. The van der Waals surface area contributed by atoms with E-state index < -0.39 is 24.2 Å². The summed E-state index contributed by atoms with van der Waals surface area (Å²) in [6.07, 6.45) is -2.59. The first-order valence-electron chi connectivity index (χ1n) is 10.0. The van der Waals surface area contributed by atoms with Crippen LogP contribution in [0.2, 0.25) is 0 Å². The van der Waals surface area contributed by atoms with Gasteiger partial charge in [-0.3, -0.25) is 0 Å². The third-order valence-electron chi connectivity index (χ3n) is 5.62. The molecular formula is C25H23NO5. The molecule has 3 aromatic carbocycles. The Morgan fingerprint density at radius 1 is 0.935 bits per heavy atom. The molecule has 0 saturated heterocycles. The van der Waals surface area contributed by atoms with Gasteiger partial charge in [0.15, 0.2) is 6.10 Å². The van der Waals surface area contributed by atoms with Gasteiger partial charge in [0.2, 0.25) is 0 Å². The average molecular weight is 417 g/mol. The van der Waals surface area contributed by atoms with E-state index in [1.54, 1.807) is 24.3 Å². The number of aliphatic carboxylic acids is 1. The van der Waals surface area contributed by atoms with Crippen molar-refractivity contribution in [2.24, 2.45) is 0 Å².